The van der Waals surface area contributed by atoms with Gasteiger partial charge in [-0.1, -0.05) is 29.8 Å². The van der Waals surface area contributed by atoms with Crippen molar-refractivity contribution in [1.29, 1.82) is 0 Å². The third kappa shape index (κ3) is 4.60. The van der Waals surface area contributed by atoms with Crippen LogP contribution in [0.3, 0.4) is 0 Å². The average molecular weight is 268 g/mol. The van der Waals surface area contributed by atoms with E-state index in [0.29, 0.717) is 6.04 Å². The number of benzene rings is 1. The molecule has 0 saturated heterocycles. The molecule has 3 heteroatoms. The summed E-state index contributed by atoms with van der Waals surface area (Å²) in [6.07, 6.45) is 3.78. The summed E-state index contributed by atoms with van der Waals surface area (Å²) in [6, 6.07) is 8.29. The summed E-state index contributed by atoms with van der Waals surface area (Å²) >= 11 is 6.16. The Kier molecular flexibility index (Phi) is 5.48. The monoisotopic (exact) mass is 267 g/mol. The lowest BCUT2D eigenvalue weighted by Gasteiger charge is -2.15. The largest absolute Gasteiger partial charge is 0.381 e. The summed E-state index contributed by atoms with van der Waals surface area (Å²) in [5, 5.41) is 4.31. The van der Waals surface area contributed by atoms with Crippen molar-refractivity contribution in [3.8, 4) is 0 Å². The minimum atomic E-state index is 0.294. The predicted octanol–water partition coefficient (Wildman–Crippen LogP) is 3.81. The molecule has 1 saturated carbocycles. The van der Waals surface area contributed by atoms with Gasteiger partial charge in [0.15, 0.2) is 0 Å². The van der Waals surface area contributed by atoms with E-state index in [9.17, 15) is 0 Å². The van der Waals surface area contributed by atoms with Crippen LogP contribution in [0.1, 0.15) is 37.8 Å². The van der Waals surface area contributed by atoms with Crippen molar-refractivity contribution in [2.24, 2.45) is 5.92 Å². The van der Waals surface area contributed by atoms with Crippen molar-refractivity contribution >= 4 is 11.6 Å². The summed E-state index contributed by atoms with van der Waals surface area (Å²) in [7, 11) is 0. The molecular weight excluding hydrogens is 246 g/mol. The van der Waals surface area contributed by atoms with Gasteiger partial charge in [0.1, 0.15) is 0 Å². The Labute approximate surface area is 115 Å². The lowest BCUT2D eigenvalue weighted by Crippen LogP contribution is -2.21. The molecule has 1 fully saturated rings. The molecule has 1 N–H and O–H groups in total. The highest BCUT2D eigenvalue weighted by Crippen LogP contribution is 2.28. The van der Waals surface area contributed by atoms with Crippen molar-refractivity contribution in [3.63, 3.8) is 0 Å². The normalized spacial score (nSPS) is 16.8. The van der Waals surface area contributed by atoms with Crippen molar-refractivity contribution in [2.75, 3.05) is 19.8 Å². The van der Waals surface area contributed by atoms with Gasteiger partial charge < -0.3 is 10.1 Å². The fraction of sp³-hybridized carbons (Fsp3) is 0.600. The van der Waals surface area contributed by atoms with Gasteiger partial charge in [-0.15, -0.1) is 0 Å². The molecule has 0 heterocycles. The van der Waals surface area contributed by atoms with Crippen LogP contribution in [-0.4, -0.2) is 19.8 Å². The lowest BCUT2D eigenvalue weighted by atomic mass is 10.1. The Morgan fingerprint density at radius 2 is 2.17 bits per heavy atom. The van der Waals surface area contributed by atoms with E-state index in [4.69, 9.17) is 16.3 Å². The highest BCUT2D eigenvalue weighted by Gasteiger charge is 2.20. The van der Waals surface area contributed by atoms with Crippen LogP contribution in [0.5, 0.6) is 0 Å². The molecule has 1 aliphatic carbocycles. The molecule has 0 spiro atoms. The summed E-state index contributed by atoms with van der Waals surface area (Å²) in [5.41, 5.74) is 1.16. The first-order valence-electron chi connectivity index (χ1n) is 6.83. The van der Waals surface area contributed by atoms with Crippen LogP contribution in [0.15, 0.2) is 24.3 Å². The summed E-state index contributed by atoms with van der Waals surface area (Å²) < 4.78 is 5.60. The van der Waals surface area contributed by atoms with Crippen molar-refractivity contribution in [2.45, 2.75) is 32.2 Å². The third-order valence-corrected chi connectivity index (χ3v) is 3.68. The first-order chi connectivity index (χ1) is 8.77. The highest BCUT2D eigenvalue weighted by atomic mass is 35.5. The van der Waals surface area contributed by atoms with Crippen LogP contribution in [0.2, 0.25) is 5.02 Å². The standard InChI is InChI=1S/C15H22ClNO/c1-12(14-5-2-3-6-15(14)16)17-9-4-10-18-11-13-7-8-13/h2-3,5-6,12-13,17H,4,7-11H2,1H3. The molecule has 0 amide bonds. The first kappa shape index (κ1) is 13.9. The Balaban J connectivity index is 1.59. The molecule has 0 aromatic heterocycles. The molecule has 1 atom stereocenters. The number of nitrogens with one attached hydrogen (secondary N) is 1. The van der Waals surface area contributed by atoms with Crippen LogP contribution in [0, 0.1) is 5.92 Å². The maximum Gasteiger partial charge on any atom is 0.0494 e. The van der Waals surface area contributed by atoms with E-state index in [0.717, 1.165) is 42.7 Å². The van der Waals surface area contributed by atoms with Crippen LogP contribution < -0.4 is 5.32 Å². The minimum Gasteiger partial charge on any atom is -0.381 e. The van der Waals surface area contributed by atoms with Crippen molar-refractivity contribution in [3.05, 3.63) is 34.9 Å². The molecular formula is C15H22ClNO. The SMILES string of the molecule is CC(NCCCOCC1CC1)c1ccccc1Cl. The topological polar surface area (TPSA) is 21.3 Å². The van der Waals surface area contributed by atoms with Gasteiger partial charge in [-0.3, -0.25) is 0 Å². The van der Waals surface area contributed by atoms with Gasteiger partial charge in [0.05, 0.1) is 0 Å². The molecule has 100 valence electrons. The fourth-order valence-corrected chi connectivity index (χ4v) is 2.26. The van der Waals surface area contributed by atoms with Gasteiger partial charge in [-0.05, 0) is 50.3 Å². The molecule has 2 rings (SSSR count). The highest BCUT2D eigenvalue weighted by molar-refractivity contribution is 6.31. The van der Waals surface area contributed by atoms with Crippen molar-refractivity contribution in [1.82, 2.24) is 5.32 Å². The van der Waals surface area contributed by atoms with Crippen LogP contribution in [-0.2, 0) is 4.74 Å². The van der Waals surface area contributed by atoms with E-state index in [1.807, 2.05) is 18.2 Å². The number of hydrogen-bond donors (Lipinski definition) is 1. The number of hydrogen-bond acceptors (Lipinski definition) is 2. The first-order valence-corrected chi connectivity index (χ1v) is 7.20. The number of ether oxygens (including phenoxy) is 1. The molecule has 0 radical (unpaired) electrons. The fourth-order valence-electron chi connectivity index (χ4n) is 1.96. The predicted molar refractivity (Wildman–Crippen MR) is 76.0 cm³/mol. The minimum absolute atomic E-state index is 0.294. The smallest absolute Gasteiger partial charge is 0.0494 e. The van der Waals surface area contributed by atoms with Crippen LogP contribution in [0.25, 0.3) is 0 Å². The molecule has 1 aromatic rings. The van der Waals surface area contributed by atoms with Gasteiger partial charge in [0, 0.05) is 24.3 Å². The van der Waals surface area contributed by atoms with Crippen molar-refractivity contribution < 1.29 is 4.74 Å². The Morgan fingerprint density at radius 1 is 1.39 bits per heavy atom. The molecule has 18 heavy (non-hydrogen) atoms. The van der Waals surface area contributed by atoms with E-state index < -0.39 is 0 Å². The summed E-state index contributed by atoms with van der Waals surface area (Å²) in [6.45, 7) is 4.93. The quantitative estimate of drug-likeness (QED) is 0.724. The van der Waals surface area contributed by atoms with Gasteiger partial charge in [-0.2, -0.15) is 0 Å². The molecule has 2 nitrogen and oxygen atoms in total. The van der Waals surface area contributed by atoms with E-state index in [1.165, 1.54) is 12.8 Å². The lowest BCUT2D eigenvalue weighted by molar-refractivity contribution is 0.121. The zero-order chi connectivity index (χ0) is 12.8. The summed E-state index contributed by atoms with van der Waals surface area (Å²) in [4.78, 5) is 0. The van der Waals surface area contributed by atoms with E-state index in [2.05, 4.69) is 18.3 Å². The van der Waals surface area contributed by atoms with E-state index in [1.54, 1.807) is 0 Å². The Bertz CT molecular complexity index is 365. The molecule has 0 bridgehead atoms. The average Bonchev–Trinajstić information content (AvgIpc) is 3.18. The maximum absolute atomic E-state index is 6.16. The zero-order valence-corrected chi connectivity index (χ0v) is 11.7. The van der Waals surface area contributed by atoms with Gasteiger partial charge in [-0.25, -0.2) is 0 Å². The Hall–Kier alpha value is -0.570. The second kappa shape index (κ2) is 7.13. The second-order valence-electron chi connectivity index (χ2n) is 5.07. The van der Waals surface area contributed by atoms with Gasteiger partial charge >= 0.3 is 0 Å². The number of halogens is 1. The van der Waals surface area contributed by atoms with Gasteiger partial charge in [0.2, 0.25) is 0 Å². The Morgan fingerprint density at radius 3 is 2.89 bits per heavy atom. The third-order valence-electron chi connectivity index (χ3n) is 3.34. The molecule has 1 aliphatic rings. The summed E-state index contributed by atoms with van der Waals surface area (Å²) in [5.74, 6) is 0.861. The van der Waals surface area contributed by atoms with E-state index in [-0.39, 0.29) is 0 Å². The van der Waals surface area contributed by atoms with Gasteiger partial charge in [0.25, 0.3) is 0 Å². The van der Waals surface area contributed by atoms with Crippen LogP contribution >= 0.6 is 11.6 Å². The van der Waals surface area contributed by atoms with Crippen LogP contribution in [0.4, 0.5) is 0 Å². The molecule has 0 aliphatic heterocycles. The van der Waals surface area contributed by atoms with E-state index >= 15 is 0 Å². The molecule has 1 unspecified atom stereocenters. The molecule has 1 aromatic carbocycles. The second-order valence-corrected chi connectivity index (χ2v) is 5.48. The number of rotatable bonds is 8. The maximum atomic E-state index is 6.16. The zero-order valence-electron chi connectivity index (χ0n) is 11.0.